The maximum absolute atomic E-state index is 14.0. The first kappa shape index (κ1) is 22.7. The van der Waals surface area contributed by atoms with Crippen LogP contribution in [0.4, 0.5) is 8.78 Å². The quantitative estimate of drug-likeness (QED) is 0.428. The molecule has 0 aliphatic rings. The Labute approximate surface area is 191 Å². The van der Waals surface area contributed by atoms with Gasteiger partial charge in [0.1, 0.15) is 24.8 Å². The zero-order valence-corrected chi connectivity index (χ0v) is 19.0. The predicted octanol–water partition coefficient (Wildman–Crippen LogP) is 4.99. The molecule has 3 aromatic heterocycles. The van der Waals surface area contributed by atoms with Crippen LogP contribution in [0.2, 0.25) is 0 Å². The fraction of sp³-hybridized carbons (Fsp3) is 0.280. The van der Waals surface area contributed by atoms with Crippen molar-refractivity contribution in [1.29, 1.82) is 0 Å². The molecule has 172 valence electrons. The summed E-state index contributed by atoms with van der Waals surface area (Å²) in [5.74, 6) is -0.378. The van der Waals surface area contributed by atoms with Crippen molar-refractivity contribution < 1.29 is 18.3 Å². The largest absolute Gasteiger partial charge is 0.485 e. The maximum atomic E-state index is 14.0. The number of ether oxygens (including phenoxy) is 2. The van der Waals surface area contributed by atoms with Crippen molar-refractivity contribution in [2.75, 3.05) is 6.61 Å². The van der Waals surface area contributed by atoms with Gasteiger partial charge in [0, 0.05) is 29.6 Å². The lowest BCUT2D eigenvalue weighted by atomic mass is 10.1. The van der Waals surface area contributed by atoms with Gasteiger partial charge < -0.3 is 15.2 Å². The molecule has 8 heteroatoms. The Morgan fingerprint density at radius 3 is 2.42 bits per heavy atom. The van der Waals surface area contributed by atoms with Crippen LogP contribution in [0.1, 0.15) is 30.7 Å². The highest BCUT2D eigenvalue weighted by molar-refractivity contribution is 5.70. The Morgan fingerprint density at radius 1 is 1.06 bits per heavy atom. The maximum Gasteiger partial charge on any atom is 0.213 e. The molecule has 33 heavy (non-hydrogen) atoms. The number of nitrogens with zero attached hydrogens (tertiary/aromatic N) is 3. The summed E-state index contributed by atoms with van der Waals surface area (Å²) in [6.07, 6.45) is 3.65. The van der Waals surface area contributed by atoms with Gasteiger partial charge in [0.2, 0.25) is 5.88 Å². The minimum Gasteiger partial charge on any atom is -0.485 e. The summed E-state index contributed by atoms with van der Waals surface area (Å²) in [5, 5.41) is 0. The van der Waals surface area contributed by atoms with Gasteiger partial charge in [-0.1, -0.05) is 6.07 Å². The van der Waals surface area contributed by atoms with Crippen LogP contribution in [0, 0.1) is 25.5 Å². The van der Waals surface area contributed by atoms with E-state index in [4.69, 9.17) is 15.2 Å². The molecule has 3 heterocycles. The van der Waals surface area contributed by atoms with E-state index in [1.54, 1.807) is 18.3 Å². The van der Waals surface area contributed by atoms with Crippen LogP contribution in [0.15, 0.2) is 48.8 Å². The fourth-order valence-corrected chi connectivity index (χ4v) is 3.50. The number of fused-ring (bicyclic) bond motifs is 1. The summed E-state index contributed by atoms with van der Waals surface area (Å²) < 4.78 is 41.4. The minimum absolute atomic E-state index is 0.124. The summed E-state index contributed by atoms with van der Waals surface area (Å²) in [6, 6.07) is 9.23. The van der Waals surface area contributed by atoms with E-state index in [1.807, 2.05) is 44.4 Å². The monoisotopic (exact) mass is 452 g/mol. The van der Waals surface area contributed by atoms with Crippen LogP contribution in [0.25, 0.3) is 16.9 Å². The number of hydrogen-bond donors (Lipinski definition) is 1. The van der Waals surface area contributed by atoms with E-state index < -0.39 is 17.2 Å². The Balaban J connectivity index is 1.66. The van der Waals surface area contributed by atoms with E-state index in [9.17, 15) is 8.78 Å². The summed E-state index contributed by atoms with van der Waals surface area (Å²) >= 11 is 0. The third-order valence-corrected chi connectivity index (χ3v) is 5.03. The number of pyridine rings is 2. The van der Waals surface area contributed by atoms with Crippen molar-refractivity contribution in [2.45, 2.75) is 39.8 Å². The van der Waals surface area contributed by atoms with Crippen molar-refractivity contribution in [3.63, 3.8) is 0 Å². The second-order valence-corrected chi connectivity index (χ2v) is 8.77. The van der Waals surface area contributed by atoms with E-state index in [1.165, 1.54) is 18.2 Å². The molecule has 0 unspecified atom stereocenters. The van der Waals surface area contributed by atoms with Crippen molar-refractivity contribution in [1.82, 2.24) is 14.4 Å². The van der Waals surface area contributed by atoms with Gasteiger partial charge in [-0.15, -0.1) is 0 Å². The molecule has 6 nitrogen and oxygen atoms in total. The lowest BCUT2D eigenvalue weighted by Crippen LogP contribution is -2.38. The third kappa shape index (κ3) is 4.96. The van der Waals surface area contributed by atoms with Crippen LogP contribution < -0.4 is 15.2 Å². The van der Waals surface area contributed by atoms with Gasteiger partial charge in [-0.2, -0.15) is 0 Å². The van der Waals surface area contributed by atoms with E-state index >= 15 is 0 Å². The smallest absolute Gasteiger partial charge is 0.213 e. The van der Waals surface area contributed by atoms with Gasteiger partial charge in [-0.05, 0) is 57.5 Å². The van der Waals surface area contributed by atoms with Crippen LogP contribution in [0.5, 0.6) is 11.6 Å². The molecule has 0 aliphatic carbocycles. The number of benzene rings is 1. The molecular weight excluding hydrogens is 426 g/mol. The molecule has 0 radical (unpaired) electrons. The first-order chi connectivity index (χ1) is 15.6. The molecule has 4 rings (SSSR count). The van der Waals surface area contributed by atoms with E-state index in [0.717, 1.165) is 22.5 Å². The first-order valence-corrected chi connectivity index (χ1v) is 10.6. The van der Waals surface area contributed by atoms with Crippen molar-refractivity contribution in [2.24, 2.45) is 5.73 Å². The molecule has 0 bridgehead atoms. The second-order valence-electron chi connectivity index (χ2n) is 8.77. The van der Waals surface area contributed by atoms with Crippen LogP contribution in [0.3, 0.4) is 0 Å². The molecule has 0 atom stereocenters. The highest BCUT2D eigenvalue weighted by Crippen LogP contribution is 2.31. The normalized spacial score (nSPS) is 11.7. The Hall–Kier alpha value is -3.52. The minimum atomic E-state index is -0.648. The van der Waals surface area contributed by atoms with Crippen LogP contribution >= 0.6 is 0 Å². The molecule has 0 saturated heterocycles. The molecular formula is C25H26F2N4O2. The molecule has 0 saturated carbocycles. The molecule has 2 N–H and O–H groups in total. The Bertz CT molecular complexity index is 1270. The average Bonchev–Trinajstić information content (AvgIpc) is 3.07. The van der Waals surface area contributed by atoms with Crippen molar-refractivity contribution in [3.8, 4) is 22.9 Å². The summed E-state index contributed by atoms with van der Waals surface area (Å²) in [7, 11) is 0. The number of aryl methyl sites for hydroxylation is 2. The molecule has 0 fully saturated rings. The van der Waals surface area contributed by atoms with Gasteiger partial charge >= 0.3 is 0 Å². The number of halogens is 2. The number of nitrogens with two attached hydrogens (primary N) is 1. The van der Waals surface area contributed by atoms with E-state index in [-0.39, 0.29) is 12.2 Å². The Morgan fingerprint density at radius 2 is 1.79 bits per heavy atom. The zero-order valence-electron chi connectivity index (χ0n) is 19.0. The number of rotatable bonds is 7. The topological polar surface area (TPSA) is 74.7 Å². The van der Waals surface area contributed by atoms with Crippen molar-refractivity contribution >= 4 is 5.65 Å². The molecule has 4 aromatic rings. The van der Waals surface area contributed by atoms with Gasteiger partial charge in [0.05, 0.1) is 17.0 Å². The third-order valence-electron chi connectivity index (χ3n) is 5.03. The fourth-order valence-electron chi connectivity index (χ4n) is 3.50. The Kier molecular flexibility index (Phi) is 6.03. The second kappa shape index (κ2) is 8.78. The van der Waals surface area contributed by atoms with Gasteiger partial charge in [0.25, 0.3) is 0 Å². The van der Waals surface area contributed by atoms with Gasteiger partial charge in [0.15, 0.2) is 11.4 Å². The lowest BCUT2D eigenvalue weighted by molar-refractivity contribution is 0.235. The number of hydrogen-bond acceptors (Lipinski definition) is 5. The summed E-state index contributed by atoms with van der Waals surface area (Å²) in [4.78, 5) is 9.05. The summed E-state index contributed by atoms with van der Waals surface area (Å²) in [5.41, 5.74) is 9.28. The van der Waals surface area contributed by atoms with Crippen LogP contribution in [-0.2, 0) is 6.61 Å². The van der Waals surface area contributed by atoms with Gasteiger partial charge in [-0.3, -0.25) is 4.40 Å². The lowest BCUT2D eigenvalue weighted by Gasteiger charge is -2.18. The SMILES string of the molecule is Cc1cc(OCc2c(F)cccc2F)c2nc(C)c(-c3ccc(OCC(C)(C)N)nc3)n2c1. The first-order valence-electron chi connectivity index (χ1n) is 10.6. The van der Waals surface area contributed by atoms with Crippen LogP contribution in [-0.4, -0.2) is 26.5 Å². The molecule has 0 spiro atoms. The van der Waals surface area contributed by atoms with E-state index in [0.29, 0.717) is 23.9 Å². The molecule has 1 aromatic carbocycles. The number of aromatic nitrogens is 3. The standard InChI is InChI=1S/C25H26F2N4O2/c1-15-10-21(32-13-18-19(26)6-5-7-20(18)27)24-30-16(2)23(31(24)12-15)17-8-9-22(29-11-17)33-14-25(3,4)28/h5-12H,13-14,28H2,1-4H3. The predicted molar refractivity (Wildman–Crippen MR) is 122 cm³/mol. The highest BCUT2D eigenvalue weighted by atomic mass is 19.1. The summed E-state index contributed by atoms with van der Waals surface area (Å²) in [6.45, 7) is 7.66. The zero-order chi connectivity index (χ0) is 23.8. The van der Waals surface area contributed by atoms with Gasteiger partial charge in [-0.25, -0.2) is 18.7 Å². The average molecular weight is 453 g/mol. The molecule has 0 amide bonds. The van der Waals surface area contributed by atoms with E-state index in [2.05, 4.69) is 9.97 Å². The number of imidazole rings is 1. The highest BCUT2D eigenvalue weighted by Gasteiger charge is 2.18. The molecule has 0 aliphatic heterocycles. The van der Waals surface area contributed by atoms with Crippen molar-refractivity contribution in [3.05, 3.63) is 77.2 Å².